The van der Waals surface area contributed by atoms with Crippen molar-refractivity contribution in [2.75, 3.05) is 26.2 Å². The van der Waals surface area contributed by atoms with Gasteiger partial charge in [0, 0.05) is 43.6 Å². The van der Waals surface area contributed by atoms with Crippen LogP contribution in [0.5, 0.6) is 0 Å². The molecule has 1 aromatic heterocycles. The summed E-state index contributed by atoms with van der Waals surface area (Å²) < 4.78 is 2.32. The van der Waals surface area contributed by atoms with Gasteiger partial charge in [-0.15, -0.1) is 0 Å². The molecule has 0 saturated carbocycles. The molecule has 2 aromatic rings. The number of piperazine rings is 1. The molecule has 148 valence electrons. The normalized spacial score (nSPS) is 16.3. The molecule has 0 spiro atoms. The number of aromatic nitrogens is 2. The van der Waals surface area contributed by atoms with Gasteiger partial charge in [-0.1, -0.05) is 29.8 Å². The van der Waals surface area contributed by atoms with Gasteiger partial charge in [0.25, 0.3) is 5.56 Å². The average molecular weight is 446 g/mol. The van der Waals surface area contributed by atoms with E-state index < -0.39 is 0 Å². The Hall–Kier alpha value is -2.24. The van der Waals surface area contributed by atoms with Gasteiger partial charge in [0.2, 0.25) is 5.91 Å². The summed E-state index contributed by atoms with van der Waals surface area (Å²) in [5.41, 5.74) is 0.502. The third-order valence-electron chi connectivity index (χ3n) is 5.18. The van der Waals surface area contributed by atoms with Gasteiger partial charge >= 0.3 is 0 Å². The zero-order chi connectivity index (χ0) is 20.3. The highest BCUT2D eigenvalue weighted by molar-refractivity contribution is 9.10. The van der Waals surface area contributed by atoms with Crippen LogP contribution in [-0.4, -0.2) is 57.5 Å². The first kappa shape index (κ1) is 20.5. The van der Waals surface area contributed by atoms with Crippen LogP contribution in [0.15, 0.2) is 33.8 Å². The van der Waals surface area contributed by atoms with Crippen molar-refractivity contribution in [2.24, 2.45) is 5.92 Å². The van der Waals surface area contributed by atoms with Gasteiger partial charge < -0.3 is 4.90 Å². The molecule has 1 unspecified atom stereocenters. The van der Waals surface area contributed by atoms with Crippen molar-refractivity contribution < 1.29 is 4.79 Å². The van der Waals surface area contributed by atoms with E-state index in [9.17, 15) is 14.9 Å². The Morgan fingerprint density at radius 2 is 2.00 bits per heavy atom. The number of fused-ring (bicyclic) bond motifs is 1. The van der Waals surface area contributed by atoms with Gasteiger partial charge in [-0.05, 0) is 24.1 Å². The van der Waals surface area contributed by atoms with E-state index in [0.29, 0.717) is 43.6 Å². The number of nitriles is 1. The number of halogens is 1. The Morgan fingerprint density at radius 1 is 1.29 bits per heavy atom. The third-order valence-corrected chi connectivity index (χ3v) is 5.67. The number of hydrogen-bond donors (Lipinski definition) is 0. The molecule has 1 amide bonds. The predicted octanol–water partition coefficient (Wildman–Crippen LogP) is 2.24. The summed E-state index contributed by atoms with van der Waals surface area (Å²) >= 11 is 3.37. The monoisotopic (exact) mass is 445 g/mol. The summed E-state index contributed by atoms with van der Waals surface area (Å²) in [4.78, 5) is 33.5. The number of amides is 1. The number of nitrogens with zero attached hydrogens (tertiary/aromatic N) is 5. The topological polar surface area (TPSA) is 82.2 Å². The molecule has 1 atom stereocenters. The van der Waals surface area contributed by atoms with Crippen molar-refractivity contribution in [2.45, 2.75) is 32.9 Å². The van der Waals surface area contributed by atoms with E-state index >= 15 is 0 Å². The van der Waals surface area contributed by atoms with Crippen LogP contribution in [0.4, 0.5) is 0 Å². The summed E-state index contributed by atoms with van der Waals surface area (Å²) in [6.07, 6.45) is 1.76. The summed E-state index contributed by atoms with van der Waals surface area (Å²) in [5.74, 6) is 0.290. The Labute approximate surface area is 172 Å². The van der Waals surface area contributed by atoms with E-state index in [-0.39, 0.29) is 29.8 Å². The molecule has 3 rings (SSSR count). The summed E-state index contributed by atoms with van der Waals surface area (Å²) in [6.45, 7) is 7.02. The molecule has 8 heteroatoms. The van der Waals surface area contributed by atoms with E-state index in [1.807, 2.05) is 24.8 Å². The fraction of sp³-hybridized carbons (Fsp3) is 0.500. The van der Waals surface area contributed by atoms with E-state index in [0.717, 1.165) is 4.47 Å². The first-order chi connectivity index (χ1) is 13.4. The highest BCUT2D eigenvalue weighted by Gasteiger charge is 2.27. The predicted molar refractivity (Wildman–Crippen MR) is 111 cm³/mol. The first-order valence-corrected chi connectivity index (χ1v) is 10.3. The molecule has 7 nitrogen and oxygen atoms in total. The zero-order valence-electron chi connectivity index (χ0n) is 16.1. The maximum absolute atomic E-state index is 12.6. The third kappa shape index (κ3) is 4.42. The van der Waals surface area contributed by atoms with Crippen LogP contribution in [0.2, 0.25) is 0 Å². The summed E-state index contributed by atoms with van der Waals surface area (Å²) in [6, 6.07) is 7.64. The van der Waals surface area contributed by atoms with Crippen molar-refractivity contribution in [3.63, 3.8) is 0 Å². The molecular formula is C20H24BrN5O2. The highest BCUT2D eigenvalue weighted by atomic mass is 79.9. The second-order valence-corrected chi connectivity index (χ2v) is 8.30. The van der Waals surface area contributed by atoms with Crippen LogP contribution in [0.3, 0.4) is 0 Å². The van der Waals surface area contributed by atoms with Crippen molar-refractivity contribution >= 4 is 32.7 Å². The van der Waals surface area contributed by atoms with Crippen LogP contribution >= 0.6 is 15.9 Å². The maximum atomic E-state index is 12.6. The first-order valence-electron chi connectivity index (χ1n) is 9.47. The molecule has 1 saturated heterocycles. The van der Waals surface area contributed by atoms with Gasteiger partial charge in [0.15, 0.2) is 0 Å². The zero-order valence-corrected chi connectivity index (χ0v) is 17.7. The lowest BCUT2D eigenvalue weighted by Gasteiger charge is -2.38. The SMILES string of the molecule is CC(C)C(C#N)N1CCN(C(=O)CCn2cnc3ccc(Br)cc3c2=O)CC1. The highest BCUT2D eigenvalue weighted by Crippen LogP contribution is 2.16. The maximum Gasteiger partial charge on any atom is 0.261 e. The van der Waals surface area contributed by atoms with Gasteiger partial charge in [0.1, 0.15) is 6.04 Å². The van der Waals surface area contributed by atoms with Crippen molar-refractivity contribution in [1.82, 2.24) is 19.4 Å². The Balaban J connectivity index is 1.60. The lowest BCUT2D eigenvalue weighted by Crippen LogP contribution is -2.53. The number of carbonyl (C=O) groups excluding carboxylic acids is 1. The van der Waals surface area contributed by atoms with Gasteiger partial charge in [-0.2, -0.15) is 5.26 Å². The van der Waals surface area contributed by atoms with Crippen LogP contribution in [0.1, 0.15) is 20.3 Å². The lowest BCUT2D eigenvalue weighted by atomic mass is 10.0. The smallest absolute Gasteiger partial charge is 0.261 e. The van der Waals surface area contributed by atoms with E-state index in [1.165, 1.54) is 10.9 Å². The molecule has 0 aliphatic carbocycles. The van der Waals surface area contributed by atoms with E-state index in [4.69, 9.17) is 0 Å². The standard InChI is InChI=1S/C20H24BrN5O2/c1-14(2)18(12-22)24-7-9-25(10-8-24)19(27)5-6-26-13-23-17-4-3-15(21)11-16(17)20(26)28/h3-4,11,13-14,18H,5-10H2,1-2H3. The van der Waals surface area contributed by atoms with Gasteiger partial charge in [-0.25, -0.2) is 4.98 Å². The summed E-state index contributed by atoms with van der Waals surface area (Å²) in [7, 11) is 0. The van der Waals surface area contributed by atoms with Crippen molar-refractivity contribution in [1.29, 1.82) is 5.26 Å². The molecular weight excluding hydrogens is 422 g/mol. The van der Waals surface area contributed by atoms with Crippen LogP contribution in [0, 0.1) is 17.2 Å². The van der Waals surface area contributed by atoms with E-state index in [1.54, 1.807) is 12.1 Å². The number of aryl methyl sites for hydroxylation is 1. The molecule has 2 heterocycles. The largest absolute Gasteiger partial charge is 0.340 e. The molecule has 0 radical (unpaired) electrons. The molecule has 1 aliphatic rings. The van der Waals surface area contributed by atoms with Crippen LogP contribution in [0.25, 0.3) is 10.9 Å². The summed E-state index contributed by atoms with van der Waals surface area (Å²) in [5, 5.41) is 9.88. The lowest BCUT2D eigenvalue weighted by molar-refractivity contribution is -0.133. The molecule has 1 aliphatic heterocycles. The van der Waals surface area contributed by atoms with Crippen LogP contribution in [-0.2, 0) is 11.3 Å². The molecule has 1 fully saturated rings. The fourth-order valence-electron chi connectivity index (χ4n) is 3.57. The minimum absolute atomic E-state index is 0.0268. The molecule has 0 bridgehead atoms. The minimum atomic E-state index is -0.141. The fourth-order valence-corrected chi connectivity index (χ4v) is 3.93. The van der Waals surface area contributed by atoms with Crippen LogP contribution < -0.4 is 5.56 Å². The number of carbonyl (C=O) groups is 1. The average Bonchev–Trinajstić information content (AvgIpc) is 2.68. The minimum Gasteiger partial charge on any atom is -0.340 e. The van der Waals surface area contributed by atoms with Gasteiger partial charge in [-0.3, -0.25) is 19.1 Å². The Morgan fingerprint density at radius 3 is 2.64 bits per heavy atom. The van der Waals surface area contributed by atoms with Crippen molar-refractivity contribution in [3.8, 4) is 6.07 Å². The molecule has 1 aromatic carbocycles. The van der Waals surface area contributed by atoms with Crippen molar-refractivity contribution in [3.05, 3.63) is 39.4 Å². The second-order valence-electron chi connectivity index (χ2n) is 7.39. The number of hydrogen-bond acceptors (Lipinski definition) is 5. The Bertz CT molecular complexity index is 957. The quantitative estimate of drug-likeness (QED) is 0.704. The molecule has 0 N–H and O–H groups in total. The van der Waals surface area contributed by atoms with E-state index in [2.05, 4.69) is 31.9 Å². The number of benzene rings is 1. The number of rotatable bonds is 5. The molecule has 28 heavy (non-hydrogen) atoms. The van der Waals surface area contributed by atoms with Gasteiger partial charge in [0.05, 0.1) is 23.3 Å². The second kappa shape index (κ2) is 8.84. The Kier molecular flexibility index (Phi) is 6.47.